The van der Waals surface area contributed by atoms with E-state index in [9.17, 15) is 9.90 Å². The van der Waals surface area contributed by atoms with Gasteiger partial charge >= 0.3 is 0 Å². The van der Waals surface area contributed by atoms with Crippen LogP contribution in [-0.4, -0.2) is 41.7 Å². The van der Waals surface area contributed by atoms with Gasteiger partial charge in [0.05, 0.1) is 13.2 Å². The van der Waals surface area contributed by atoms with Crippen LogP contribution in [0.2, 0.25) is 0 Å². The molecule has 0 aromatic heterocycles. The van der Waals surface area contributed by atoms with Crippen molar-refractivity contribution in [1.29, 1.82) is 0 Å². The van der Waals surface area contributed by atoms with Crippen LogP contribution in [0.3, 0.4) is 0 Å². The lowest BCUT2D eigenvalue weighted by atomic mass is 9.96. The summed E-state index contributed by atoms with van der Waals surface area (Å²) in [6.45, 7) is 2.55. The number of amides is 1. The lowest BCUT2D eigenvalue weighted by molar-refractivity contribution is 0.0514. The third kappa shape index (κ3) is 3.51. The van der Waals surface area contributed by atoms with Gasteiger partial charge in [-0.2, -0.15) is 0 Å². The third-order valence-electron chi connectivity index (χ3n) is 3.82. The minimum Gasteiger partial charge on any atom is -0.497 e. The maximum Gasteiger partial charge on any atom is 0.254 e. The van der Waals surface area contributed by atoms with Gasteiger partial charge in [0.2, 0.25) is 0 Å². The van der Waals surface area contributed by atoms with E-state index >= 15 is 0 Å². The van der Waals surface area contributed by atoms with Gasteiger partial charge in [0.1, 0.15) is 5.75 Å². The second kappa shape index (κ2) is 6.75. The molecule has 4 nitrogen and oxygen atoms in total. The molecular formula is C16H23NO3. The number of carbonyl (C=O) groups excluding carboxylic acids is 1. The number of rotatable bonds is 4. The van der Waals surface area contributed by atoms with Gasteiger partial charge in [-0.25, -0.2) is 0 Å². The summed E-state index contributed by atoms with van der Waals surface area (Å²) in [5.74, 6) is 0.731. The second-order valence-corrected chi connectivity index (χ2v) is 5.46. The first-order valence-electron chi connectivity index (χ1n) is 7.25. The van der Waals surface area contributed by atoms with Crippen LogP contribution in [0.15, 0.2) is 24.3 Å². The quantitative estimate of drug-likeness (QED) is 0.919. The van der Waals surface area contributed by atoms with Crippen molar-refractivity contribution < 1.29 is 14.6 Å². The van der Waals surface area contributed by atoms with E-state index in [-0.39, 0.29) is 18.1 Å². The van der Waals surface area contributed by atoms with E-state index in [1.54, 1.807) is 20.1 Å². The zero-order chi connectivity index (χ0) is 14.5. The molecule has 0 bridgehead atoms. The molecule has 0 saturated carbocycles. The number of hydrogen-bond acceptors (Lipinski definition) is 3. The highest BCUT2D eigenvalue weighted by molar-refractivity contribution is 5.94. The van der Waals surface area contributed by atoms with Crippen molar-refractivity contribution in [3.8, 4) is 5.75 Å². The highest BCUT2D eigenvalue weighted by Crippen LogP contribution is 2.24. The van der Waals surface area contributed by atoms with Gasteiger partial charge in [0, 0.05) is 18.2 Å². The molecule has 1 aliphatic heterocycles. The largest absolute Gasteiger partial charge is 0.497 e. The van der Waals surface area contributed by atoms with Crippen molar-refractivity contribution in [3.05, 3.63) is 29.8 Å². The van der Waals surface area contributed by atoms with Crippen LogP contribution in [-0.2, 0) is 0 Å². The number of benzene rings is 1. The summed E-state index contributed by atoms with van der Waals surface area (Å²) in [7, 11) is 1.60. The maximum atomic E-state index is 12.6. The fraction of sp³-hybridized carbons (Fsp3) is 0.562. The summed E-state index contributed by atoms with van der Waals surface area (Å²) in [4.78, 5) is 14.6. The van der Waals surface area contributed by atoms with Crippen molar-refractivity contribution in [1.82, 2.24) is 4.90 Å². The van der Waals surface area contributed by atoms with Crippen LogP contribution in [0.5, 0.6) is 5.75 Å². The molecule has 1 aromatic rings. The lowest BCUT2D eigenvalue weighted by Gasteiger charge is -2.36. The molecule has 2 rings (SSSR count). The van der Waals surface area contributed by atoms with Gasteiger partial charge in [-0.15, -0.1) is 0 Å². The van der Waals surface area contributed by atoms with E-state index in [1.165, 1.54) is 0 Å². The third-order valence-corrected chi connectivity index (χ3v) is 3.82. The SMILES string of the molecule is COc1cccc(C(=O)N2CCCCC2CC(C)O)c1. The molecule has 1 N–H and O–H groups in total. The number of carbonyl (C=O) groups is 1. The molecule has 0 aliphatic carbocycles. The predicted octanol–water partition coefficient (Wildman–Crippen LogP) is 2.46. The van der Waals surface area contributed by atoms with Crippen molar-refractivity contribution >= 4 is 5.91 Å². The summed E-state index contributed by atoms with van der Waals surface area (Å²) in [6.07, 6.45) is 3.40. The maximum absolute atomic E-state index is 12.6. The number of ether oxygens (including phenoxy) is 1. The highest BCUT2D eigenvalue weighted by atomic mass is 16.5. The van der Waals surface area contributed by atoms with E-state index < -0.39 is 0 Å². The van der Waals surface area contributed by atoms with Crippen molar-refractivity contribution in [2.24, 2.45) is 0 Å². The summed E-state index contributed by atoms with van der Waals surface area (Å²) >= 11 is 0. The number of likely N-dealkylation sites (tertiary alicyclic amines) is 1. The molecule has 1 amide bonds. The molecule has 2 atom stereocenters. The Hall–Kier alpha value is -1.55. The lowest BCUT2D eigenvalue weighted by Crippen LogP contribution is -2.45. The summed E-state index contributed by atoms with van der Waals surface area (Å²) < 4.78 is 5.17. The van der Waals surface area contributed by atoms with Gasteiger partial charge in [-0.1, -0.05) is 6.07 Å². The number of hydrogen-bond donors (Lipinski definition) is 1. The molecular weight excluding hydrogens is 254 g/mol. The van der Waals surface area contributed by atoms with E-state index in [2.05, 4.69) is 0 Å². The Bertz CT molecular complexity index is 459. The molecule has 20 heavy (non-hydrogen) atoms. The van der Waals surface area contributed by atoms with Gasteiger partial charge in [0.15, 0.2) is 0 Å². The average Bonchev–Trinajstić information content (AvgIpc) is 2.46. The monoisotopic (exact) mass is 277 g/mol. The van der Waals surface area contributed by atoms with Crippen LogP contribution < -0.4 is 4.74 Å². The molecule has 1 heterocycles. The Labute approximate surface area is 120 Å². The predicted molar refractivity (Wildman–Crippen MR) is 78.0 cm³/mol. The Morgan fingerprint density at radius 2 is 2.30 bits per heavy atom. The van der Waals surface area contributed by atoms with Crippen LogP contribution in [0.25, 0.3) is 0 Å². The zero-order valence-electron chi connectivity index (χ0n) is 12.2. The van der Waals surface area contributed by atoms with Crippen LogP contribution in [0, 0.1) is 0 Å². The minimum atomic E-state index is -0.376. The van der Waals surface area contributed by atoms with E-state index in [0.717, 1.165) is 25.8 Å². The highest BCUT2D eigenvalue weighted by Gasteiger charge is 2.28. The summed E-state index contributed by atoms with van der Waals surface area (Å²) in [5.41, 5.74) is 0.654. The van der Waals surface area contributed by atoms with E-state index in [0.29, 0.717) is 17.7 Å². The average molecular weight is 277 g/mol. The molecule has 1 aromatic carbocycles. The first-order chi connectivity index (χ1) is 9.61. The van der Waals surface area contributed by atoms with Gasteiger partial charge in [0.25, 0.3) is 5.91 Å². The smallest absolute Gasteiger partial charge is 0.254 e. The zero-order valence-corrected chi connectivity index (χ0v) is 12.2. The number of piperidine rings is 1. The number of aliphatic hydroxyl groups is 1. The molecule has 1 saturated heterocycles. The number of methoxy groups -OCH3 is 1. The topological polar surface area (TPSA) is 49.8 Å². The van der Waals surface area contributed by atoms with Crippen LogP contribution in [0.1, 0.15) is 43.0 Å². The number of aliphatic hydroxyl groups excluding tert-OH is 1. The van der Waals surface area contributed by atoms with E-state index in [4.69, 9.17) is 4.74 Å². The first kappa shape index (κ1) is 14.9. The second-order valence-electron chi connectivity index (χ2n) is 5.46. The Morgan fingerprint density at radius 3 is 3.00 bits per heavy atom. The fourth-order valence-corrected chi connectivity index (χ4v) is 2.83. The molecule has 110 valence electrons. The molecule has 0 radical (unpaired) electrons. The van der Waals surface area contributed by atoms with Crippen molar-refractivity contribution in [3.63, 3.8) is 0 Å². The summed E-state index contributed by atoms with van der Waals surface area (Å²) in [6, 6.07) is 7.40. The number of nitrogens with zero attached hydrogens (tertiary/aromatic N) is 1. The molecule has 4 heteroatoms. The van der Waals surface area contributed by atoms with E-state index in [1.807, 2.05) is 23.1 Å². The minimum absolute atomic E-state index is 0.0363. The summed E-state index contributed by atoms with van der Waals surface area (Å²) in [5, 5.41) is 9.60. The van der Waals surface area contributed by atoms with Crippen molar-refractivity contribution in [2.45, 2.75) is 44.8 Å². The molecule has 1 fully saturated rings. The molecule has 1 aliphatic rings. The Balaban J connectivity index is 2.16. The van der Waals surface area contributed by atoms with Gasteiger partial charge in [-0.05, 0) is 50.8 Å². The standard InChI is InChI=1S/C16H23NO3/c1-12(18)10-14-7-3-4-9-17(14)16(19)13-6-5-8-15(11-13)20-2/h5-6,8,11-12,14,18H,3-4,7,9-10H2,1-2H3. The Morgan fingerprint density at radius 1 is 1.50 bits per heavy atom. The van der Waals surface area contributed by atoms with Crippen LogP contribution >= 0.6 is 0 Å². The first-order valence-corrected chi connectivity index (χ1v) is 7.25. The van der Waals surface area contributed by atoms with Gasteiger partial charge < -0.3 is 14.7 Å². The fourth-order valence-electron chi connectivity index (χ4n) is 2.83. The van der Waals surface area contributed by atoms with Crippen molar-refractivity contribution in [2.75, 3.05) is 13.7 Å². The molecule has 2 unspecified atom stereocenters. The normalized spacial score (nSPS) is 20.6. The van der Waals surface area contributed by atoms with Crippen LogP contribution in [0.4, 0.5) is 0 Å². The molecule has 0 spiro atoms. The van der Waals surface area contributed by atoms with Gasteiger partial charge in [-0.3, -0.25) is 4.79 Å². The Kier molecular flexibility index (Phi) is 5.01.